The number of rotatable bonds is 7. The molecule has 0 saturated carbocycles. The van der Waals surface area contributed by atoms with Gasteiger partial charge in [0, 0.05) is 36.3 Å². The fourth-order valence-electron chi connectivity index (χ4n) is 1.41. The van der Waals surface area contributed by atoms with Crippen molar-refractivity contribution in [2.75, 3.05) is 36.2 Å². The van der Waals surface area contributed by atoms with Crippen molar-refractivity contribution in [3.63, 3.8) is 0 Å². The zero-order valence-electron chi connectivity index (χ0n) is 10.8. The summed E-state index contributed by atoms with van der Waals surface area (Å²) in [5, 5.41) is 3.02. The van der Waals surface area contributed by atoms with E-state index >= 15 is 0 Å². The molecule has 3 N–H and O–H groups in total. The number of sulfone groups is 1. The van der Waals surface area contributed by atoms with Crippen LogP contribution < -0.4 is 15.8 Å². The zero-order valence-corrected chi connectivity index (χ0v) is 11.6. The fourth-order valence-corrected chi connectivity index (χ4v) is 1.88. The SMILES string of the molecule is CCCOc1cc(N)cc(NCCS(C)(=O)=O)c1. The van der Waals surface area contributed by atoms with Gasteiger partial charge in [0.05, 0.1) is 12.4 Å². The van der Waals surface area contributed by atoms with Gasteiger partial charge in [-0.1, -0.05) is 6.92 Å². The van der Waals surface area contributed by atoms with Gasteiger partial charge in [-0.2, -0.15) is 0 Å². The van der Waals surface area contributed by atoms with E-state index in [1.54, 1.807) is 12.1 Å². The quantitative estimate of drug-likeness (QED) is 0.735. The lowest BCUT2D eigenvalue weighted by molar-refractivity contribution is 0.318. The number of nitrogens with one attached hydrogen (secondary N) is 1. The highest BCUT2D eigenvalue weighted by Gasteiger charge is 2.03. The number of hydrogen-bond donors (Lipinski definition) is 2. The second-order valence-electron chi connectivity index (χ2n) is 4.20. The van der Waals surface area contributed by atoms with Crippen LogP contribution in [0.5, 0.6) is 5.75 Å². The summed E-state index contributed by atoms with van der Waals surface area (Å²) in [7, 11) is -2.95. The molecule has 1 rings (SSSR count). The largest absolute Gasteiger partial charge is 0.493 e. The van der Waals surface area contributed by atoms with Crippen LogP contribution in [0.3, 0.4) is 0 Å². The molecule has 0 amide bonds. The Balaban J connectivity index is 2.62. The number of nitrogen functional groups attached to an aromatic ring is 1. The molecule has 1 aromatic carbocycles. The molecule has 0 spiro atoms. The number of anilines is 2. The molecule has 0 atom stereocenters. The molecule has 0 aliphatic carbocycles. The van der Waals surface area contributed by atoms with Gasteiger partial charge in [-0.15, -0.1) is 0 Å². The minimum absolute atomic E-state index is 0.0902. The van der Waals surface area contributed by atoms with E-state index in [1.807, 2.05) is 13.0 Å². The maximum absolute atomic E-state index is 11.0. The minimum Gasteiger partial charge on any atom is -0.493 e. The van der Waals surface area contributed by atoms with E-state index < -0.39 is 9.84 Å². The summed E-state index contributed by atoms with van der Waals surface area (Å²) in [6.45, 7) is 3.01. The van der Waals surface area contributed by atoms with Crippen LogP contribution in [0.25, 0.3) is 0 Å². The summed E-state index contributed by atoms with van der Waals surface area (Å²) in [6.07, 6.45) is 2.13. The number of ether oxygens (including phenoxy) is 1. The van der Waals surface area contributed by atoms with Gasteiger partial charge >= 0.3 is 0 Å². The van der Waals surface area contributed by atoms with Crippen molar-refractivity contribution in [2.24, 2.45) is 0 Å². The first-order chi connectivity index (χ1) is 8.40. The van der Waals surface area contributed by atoms with Crippen molar-refractivity contribution in [1.29, 1.82) is 0 Å². The van der Waals surface area contributed by atoms with Crippen molar-refractivity contribution in [2.45, 2.75) is 13.3 Å². The molecule has 0 saturated heterocycles. The predicted molar refractivity (Wildman–Crippen MR) is 74.8 cm³/mol. The van der Waals surface area contributed by atoms with E-state index in [4.69, 9.17) is 10.5 Å². The van der Waals surface area contributed by atoms with Gasteiger partial charge < -0.3 is 15.8 Å². The van der Waals surface area contributed by atoms with Crippen LogP contribution in [-0.2, 0) is 9.84 Å². The molecule has 18 heavy (non-hydrogen) atoms. The van der Waals surface area contributed by atoms with Crippen LogP contribution in [-0.4, -0.2) is 33.6 Å². The van der Waals surface area contributed by atoms with Gasteiger partial charge in [-0.3, -0.25) is 0 Å². The van der Waals surface area contributed by atoms with Crippen molar-refractivity contribution in [3.8, 4) is 5.75 Å². The Morgan fingerprint density at radius 3 is 2.67 bits per heavy atom. The highest BCUT2D eigenvalue weighted by atomic mass is 32.2. The van der Waals surface area contributed by atoms with Gasteiger partial charge in [-0.25, -0.2) is 8.42 Å². The standard InChI is InChI=1S/C12H20N2O3S/c1-3-5-17-12-8-10(13)7-11(9-12)14-4-6-18(2,15)16/h7-9,14H,3-6,13H2,1-2H3. The number of hydrogen-bond acceptors (Lipinski definition) is 5. The molecule has 0 aromatic heterocycles. The number of benzene rings is 1. The van der Waals surface area contributed by atoms with E-state index in [2.05, 4.69) is 5.32 Å². The molecule has 0 fully saturated rings. The van der Waals surface area contributed by atoms with Gasteiger partial charge in [0.2, 0.25) is 0 Å². The average Bonchev–Trinajstić information content (AvgIpc) is 2.24. The van der Waals surface area contributed by atoms with Crippen molar-refractivity contribution < 1.29 is 13.2 Å². The van der Waals surface area contributed by atoms with Gasteiger partial charge in [0.25, 0.3) is 0 Å². The van der Waals surface area contributed by atoms with E-state index in [0.29, 0.717) is 24.6 Å². The van der Waals surface area contributed by atoms with E-state index in [0.717, 1.165) is 12.1 Å². The molecule has 1 aromatic rings. The first-order valence-corrected chi connectivity index (χ1v) is 7.91. The maximum atomic E-state index is 11.0. The summed E-state index contributed by atoms with van der Waals surface area (Å²) in [6, 6.07) is 5.31. The van der Waals surface area contributed by atoms with Crippen LogP contribution in [0.15, 0.2) is 18.2 Å². The van der Waals surface area contributed by atoms with Crippen LogP contribution >= 0.6 is 0 Å². The molecule has 0 heterocycles. The Morgan fingerprint density at radius 1 is 1.33 bits per heavy atom. The van der Waals surface area contributed by atoms with Crippen molar-refractivity contribution in [1.82, 2.24) is 0 Å². The van der Waals surface area contributed by atoms with Crippen LogP contribution in [0.2, 0.25) is 0 Å². The monoisotopic (exact) mass is 272 g/mol. The highest BCUT2D eigenvalue weighted by molar-refractivity contribution is 7.90. The fraction of sp³-hybridized carbons (Fsp3) is 0.500. The third-order valence-corrected chi connectivity index (χ3v) is 3.15. The highest BCUT2D eigenvalue weighted by Crippen LogP contribution is 2.22. The Labute approximate surface area is 108 Å². The predicted octanol–water partition coefficient (Wildman–Crippen LogP) is 1.51. The Morgan fingerprint density at radius 2 is 2.06 bits per heavy atom. The van der Waals surface area contributed by atoms with Crippen molar-refractivity contribution in [3.05, 3.63) is 18.2 Å². The first-order valence-electron chi connectivity index (χ1n) is 5.85. The topological polar surface area (TPSA) is 81.4 Å². The Kier molecular flexibility index (Phi) is 5.27. The molecule has 5 nitrogen and oxygen atoms in total. The van der Waals surface area contributed by atoms with Crippen LogP contribution in [0.4, 0.5) is 11.4 Å². The molecule has 0 unspecified atom stereocenters. The lowest BCUT2D eigenvalue weighted by Gasteiger charge is -2.10. The summed E-state index contributed by atoms with van der Waals surface area (Å²) in [5.41, 5.74) is 7.11. The van der Waals surface area contributed by atoms with Crippen molar-refractivity contribution >= 4 is 21.2 Å². The van der Waals surface area contributed by atoms with Crippen LogP contribution in [0, 0.1) is 0 Å². The third-order valence-electron chi connectivity index (χ3n) is 2.20. The maximum Gasteiger partial charge on any atom is 0.149 e. The molecule has 0 aliphatic heterocycles. The normalized spacial score (nSPS) is 11.2. The number of nitrogens with two attached hydrogens (primary N) is 1. The molecular weight excluding hydrogens is 252 g/mol. The summed E-state index contributed by atoms with van der Waals surface area (Å²) < 4.78 is 27.5. The summed E-state index contributed by atoms with van der Waals surface area (Å²) in [5.74, 6) is 0.783. The molecule has 6 heteroatoms. The third kappa shape index (κ3) is 5.77. The molecule has 102 valence electrons. The Bertz CT molecular complexity index is 486. The zero-order chi connectivity index (χ0) is 13.6. The second-order valence-corrected chi connectivity index (χ2v) is 6.46. The smallest absolute Gasteiger partial charge is 0.149 e. The van der Waals surface area contributed by atoms with Gasteiger partial charge in [0.1, 0.15) is 15.6 Å². The minimum atomic E-state index is -2.95. The molecule has 0 bridgehead atoms. The lowest BCUT2D eigenvalue weighted by atomic mass is 10.2. The lowest BCUT2D eigenvalue weighted by Crippen LogP contribution is -2.14. The summed E-state index contributed by atoms with van der Waals surface area (Å²) in [4.78, 5) is 0. The molecular formula is C12H20N2O3S. The van der Waals surface area contributed by atoms with E-state index in [-0.39, 0.29) is 5.75 Å². The van der Waals surface area contributed by atoms with E-state index in [1.165, 1.54) is 6.26 Å². The van der Waals surface area contributed by atoms with E-state index in [9.17, 15) is 8.42 Å². The summed E-state index contributed by atoms with van der Waals surface area (Å²) >= 11 is 0. The van der Waals surface area contributed by atoms with Crippen LogP contribution in [0.1, 0.15) is 13.3 Å². The molecule has 0 radical (unpaired) electrons. The van der Waals surface area contributed by atoms with Gasteiger partial charge in [0.15, 0.2) is 0 Å². The average molecular weight is 272 g/mol. The Hall–Kier alpha value is -1.43. The molecule has 0 aliphatic rings. The first kappa shape index (κ1) is 14.6. The van der Waals surface area contributed by atoms with Gasteiger partial charge in [-0.05, 0) is 12.5 Å². The second kappa shape index (κ2) is 6.49.